The van der Waals surface area contributed by atoms with E-state index >= 15 is 0 Å². The zero-order valence-corrected chi connectivity index (χ0v) is 11.8. The van der Waals surface area contributed by atoms with E-state index in [0.717, 1.165) is 19.6 Å². The SMILES string of the molecule is CCOC(=O)C(C)(N)CCN(C)CCN(C)C. The highest BCUT2D eigenvalue weighted by molar-refractivity contribution is 5.79. The van der Waals surface area contributed by atoms with Crippen LogP contribution in [0.3, 0.4) is 0 Å². The van der Waals surface area contributed by atoms with E-state index in [-0.39, 0.29) is 5.97 Å². The van der Waals surface area contributed by atoms with Gasteiger partial charge in [-0.1, -0.05) is 0 Å². The first kappa shape index (κ1) is 16.4. The van der Waals surface area contributed by atoms with Crippen molar-refractivity contribution in [3.8, 4) is 0 Å². The maximum Gasteiger partial charge on any atom is 0.325 e. The van der Waals surface area contributed by atoms with Crippen molar-refractivity contribution in [1.29, 1.82) is 0 Å². The Morgan fingerprint density at radius 1 is 1.24 bits per heavy atom. The number of ether oxygens (including phenoxy) is 1. The fourth-order valence-electron chi connectivity index (χ4n) is 1.30. The van der Waals surface area contributed by atoms with Gasteiger partial charge in [0.15, 0.2) is 0 Å². The van der Waals surface area contributed by atoms with Gasteiger partial charge in [0.1, 0.15) is 5.54 Å². The number of carbonyl (C=O) groups is 1. The molecule has 0 aliphatic rings. The molecule has 17 heavy (non-hydrogen) atoms. The Balaban J connectivity index is 3.95. The second-order valence-corrected chi connectivity index (χ2v) is 4.99. The van der Waals surface area contributed by atoms with Crippen molar-refractivity contribution in [3.05, 3.63) is 0 Å². The molecule has 0 rings (SSSR count). The van der Waals surface area contributed by atoms with Gasteiger partial charge in [-0.15, -0.1) is 0 Å². The fraction of sp³-hybridized carbons (Fsp3) is 0.917. The van der Waals surface area contributed by atoms with Crippen LogP contribution in [0.25, 0.3) is 0 Å². The van der Waals surface area contributed by atoms with Crippen LogP contribution in [0.5, 0.6) is 0 Å². The van der Waals surface area contributed by atoms with Gasteiger partial charge in [0, 0.05) is 19.6 Å². The average Bonchev–Trinajstić information content (AvgIpc) is 2.24. The molecule has 0 bridgehead atoms. The van der Waals surface area contributed by atoms with Crippen LogP contribution in [0.2, 0.25) is 0 Å². The van der Waals surface area contributed by atoms with E-state index in [4.69, 9.17) is 10.5 Å². The zero-order valence-electron chi connectivity index (χ0n) is 11.8. The summed E-state index contributed by atoms with van der Waals surface area (Å²) in [6, 6.07) is 0. The molecule has 2 N–H and O–H groups in total. The molecule has 0 aromatic carbocycles. The molecule has 5 nitrogen and oxygen atoms in total. The minimum Gasteiger partial charge on any atom is -0.465 e. The monoisotopic (exact) mass is 245 g/mol. The van der Waals surface area contributed by atoms with Gasteiger partial charge in [0.25, 0.3) is 0 Å². The third kappa shape index (κ3) is 7.31. The predicted octanol–water partition coefficient (Wildman–Crippen LogP) is 0.150. The Bertz CT molecular complexity index is 230. The highest BCUT2D eigenvalue weighted by atomic mass is 16.5. The standard InChI is InChI=1S/C12H27N3O2/c1-6-17-11(16)12(2,13)7-8-15(5)10-9-14(3)4/h6-10,13H2,1-5H3. The molecule has 0 saturated heterocycles. The van der Waals surface area contributed by atoms with E-state index in [1.54, 1.807) is 13.8 Å². The van der Waals surface area contributed by atoms with Gasteiger partial charge in [0.2, 0.25) is 0 Å². The summed E-state index contributed by atoms with van der Waals surface area (Å²) < 4.78 is 4.95. The number of likely N-dealkylation sites (N-methyl/N-ethyl adjacent to an activating group) is 2. The van der Waals surface area contributed by atoms with Crippen molar-refractivity contribution in [1.82, 2.24) is 9.80 Å². The number of nitrogens with zero attached hydrogens (tertiary/aromatic N) is 2. The quantitative estimate of drug-likeness (QED) is 0.617. The van der Waals surface area contributed by atoms with Crippen molar-refractivity contribution in [2.45, 2.75) is 25.8 Å². The maximum atomic E-state index is 11.6. The van der Waals surface area contributed by atoms with Gasteiger partial charge in [-0.05, 0) is 41.4 Å². The molecule has 0 aliphatic carbocycles. The Hall–Kier alpha value is -0.650. The second-order valence-electron chi connectivity index (χ2n) is 4.99. The van der Waals surface area contributed by atoms with Crippen LogP contribution in [-0.4, -0.2) is 68.7 Å². The molecule has 0 fully saturated rings. The first-order valence-electron chi connectivity index (χ1n) is 6.09. The Kier molecular flexibility index (Phi) is 7.34. The Morgan fingerprint density at radius 2 is 1.82 bits per heavy atom. The lowest BCUT2D eigenvalue weighted by Gasteiger charge is -2.26. The van der Waals surface area contributed by atoms with Crippen LogP contribution in [0, 0.1) is 0 Å². The van der Waals surface area contributed by atoms with E-state index in [0.29, 0.717) is 13.0 Å². The molecular weight excluding hydrogens is 218 g/mol. The van der Waals surface area contributed by atoms with Crippen LogP contribution in [0.1, 0.15) is 20.3 Å². The van der Waals surface area contributed by atoms with Crippen molar-refractivity contribution >= 4 is 5.97 Å². The van der Waals surface area contributed by atoms with E-state index < -0.39 is 5.54 Å². The fourth-order valence-corrected chi connectivity index (χ4v) is 1.30. The molecule has 0 aromatic rings. The summed E-state index contributed by atoms with van der Waals surface area (Å²) in [7, 11) is 6.11. The molecule has 102 valence electrons. The molecule has 1 unspecified atom stereocenters. The molecular formula is C12H27N3O2. The summed E-state index contributed by atoms with van der Waals surface area (Å²) >= 11 is 0. The Labute approximate surface area is 105 Å². The highest BCUT2D eigenvalue weighted by Gasteiger charge is 2.29. The minimum absolute atomic E-state index is 0.319. The molecule has 1 atom stereocenters. The summed E-state index contributed by atoms with van der Waals surface area (Å²) in [5.74, 6) is -0.319. The first-order valence-corrected chi connectivity index (χ1v) is 6.09. The average molecular weight is 245 g/mol. The van der Waals surface area contributed by atoms with Crippen LogP contribution in [0.15, 0.2) is 0 Å². The molecule has 0 aliphatic heterocycles. The van der Waals surface area contributed by atoms with Crippen LogP contribution in [-0.2, 0) is 9.53 Å². The topological polar surface area (TPSA) is 58.8 Å². The number of rotatable bonds is 8. The van der Waals surface area contributed by atoms with Gasteiger partial charge in [-0.25, -0.2) is 0 Å². The smallest absolute Gasteiger partial charge is 0.325 e. The number of hydrogen-bond acceptors (Lipinski definition) is 5. The molecule has 0 amide bonds. The van der Waals surface area contributed by atoms with Crippen LogP contribution < -0.4 is 5.73 Å². The lowest BCUT2D eigenvalue weighted by molar-refractivity contribution is -0.149. The van der Waals surface area contributed by atoms with Crippen LogP contribution >= 0.6 is 0 Å². The predicted molar refractivity (Wildman–Crippen MR) is 69.9 cm³/mol. The normalized spacial score (nSPS) is 15.1. The lowest BCUT2D eigenvalue weighted by Crippen LogP contribution is -2.48. The summed E-state index contributed by atoms with van der Waals surface area (Å²) in [6.45, 7) is 6.65. The van der Waals surface area contributed by atoms with Gasteiger partial charge in [0.05, 0.1) is 6.61 Å². The molecule has 5 heteroatoms. The van der Waals surface area contributed by atoms with Crippen molar-refractivity contribution in [2.24, 2.45) is 5.73 Å². The summed E-state index contributed by atoms with van der Waals surface area (Å²) in [6.07, 6.45) is 0.607. The third-order valence-electron chi connectivity index (χ3n) is 2.68. The second kappa shape index (κ2) is 7.63. The summed E-state index contributed by atoms with van der Waals surface area (Å²) in [4.78, 5) is 15.9. The maximum absolute atomic E-state index is 11.6. The number of esters is 1. The van der Waals surface area contributed by atoms with E-state index in [9.17, 15) is 4.79 Å². The molecule has 0 aromatic heterocycles. The largest absolute Gasteiger partial charge is 0.465 e. The van der Waals surface area contributed by atoms with E-state index in [2.05, 4.69) is 9.80 Å². The minimum atomic E-state index is -0.887. The molecule has 0 saturated carbocycles. The van der Waals surface area contributed by atoms with Crippen molar-refractivity contribution in [2.75, 3.05) is 47.4 Å². The number of nitrogens with two attached hydrogens (primary N) is 1. The summed E-state index contributed by atoms with van der Waals surface area (Å²) in [5.41, 5.74) is 5.05. The lowest BCUT2D eigenvalue weighted by atomic mass is 9.99. The van der Waals surface area contributed by atoms with Gasteiger partial charge >= 0.3 is 5.97 Å². The zero-order chi connectivity index (χ0) is 13.5. The van der Waals surface area contributed by atoms with Crippen molar-refractivity contribution in [3.63, 3.8) is 0 Å². The number of hydrogen-bond donors (Lipinski definition) is 1. The molecule has 0 spiro atoms. The van der Waals surface area contributed by atoms with Crippen molar-refractivity contribution < 1.29 is 9.53 Å². The van der Waals surface area contributed by atoms with Crippen LogP contribution in [0.4, 0.5) is 0 Å². The Morgan fingerprint density at radius 3 is 2.29 bits per heavy atom. The highest BCUT2D eigenvalue weighted by Crippen LogP contribution is 2.09. The third-order valence-corrected chi connectivity index (χ3v) is 2.68. The molecule has 0 heterocycles. The van der Waals surface area contributed by atoms with E-state index in [1.807, 2.05) is 21.1 Å². The van der Waals surface area contributed by atoms with Gasteiger partial charge < -0.3 is 20.3 Å². The molecule has 0 radical (unpaired) electrons. The van der Waals surface area contributed by atoms with Gasteiger partial charge in [-0.3, -0.25) is 4.79 Å². The first-order chi connectivity index (χ1) is 7.79. The van der Waals surface area contributed by atoms with E-state index in [1.165, 1.54) is 0 Å². The number of carbonyl (C=O) groups excluding carboxylic acids is 1. The van der Waals surface area contributed by atoms with Gasteiger partial charge in [-0.2, -0.15) is 0 Å². The summed E-state index contributed by atoms with van der Waals surface area (Å²) in [5, 5.41) is 0.